The lowest BCUT2D eigenvalue weighted by molar-refractivity contribution is -0.124. The first kappa shape index (κ1) is 13.0. The zero-order valence-corrected chi connectivity index (χ0v) is 10.8. The van der Waals surface area contributed by atoms with Gasteiger partial charge in [0, 0.05) is 17.3 Å². The molecule has 98 valence electrons. The summed E-state index contributed by atoms with van der Waals surface area (Å²) in [4.78, 5) is 19.6. The average Bonchev–Trinajstić information content (AvgIpc) is 2.39. The van der Waals surface area contributed by atoms with Crippen LogP contribution >= 0.6 is 0 Å². The molecule has 5 heteroatoms. The van der Waals surface area contributed by atoms with Gasteiger partial charge in [0.2, 0.25) is 5.88 Å². The molecule has 1 aromatic heterocycles. The van der Waals surface area contributed by atoms with E-state index in [2.05, 4.69) is 9.97 Å². The largest absolute Gasteiger partial charge is 0.464 e. The highest BCUT2D eigenvalue weighted by molar-refractivity contribution is 5.78. The molecular formula is C14H15N3O2. The fourth-order valence-electron chi connectivity index (χ4n) is 1.56. The molecule has 0 aliphatic rings. The predicted octanol–water partition coefficient (Wildman–Crippen LogP) is 1.70. The Hall–Kier alpha value is -2.43. The molecule has 0 aliphatic heterocycles. The van der Waals surface area contributed by atoms with Crippen LogP contribution in [0.4, 0.5) is 0 Å². The van der Waals surface area contributed by atoms with Gasteiger partial charge in [0.05, 0.1) is 0 Å². The minimum atomic E-state index is -0.724. The average molecular weight is 257 g/mol. The van der Waals surface area contributed by atoms with E-state index in [-0.39, 0.29) is 0 Å². The molecular weight excluding hydrogens is 242 g/mol. The van der Waals surface area contributed by atoms with E-state index in [9.17, 15) is 4.79 Å². The van der Waals surface area contributed by atoms with Crippen molar-refractivity contribution >= 4 is 5.91 Å². The molecule has 2 aromatic rings. The topological polar surface area (TPSA) is 78.1 Å². The van der Waals surface area contributed by atoms with Crippen LogP contribution in [0.15, 0.2) is 36.4 Å². The van der Waals surface area contributed by atoms with Crippen molar-refractivity contribution in [3.05, 3.63) is 42.1 Å². The van der Waals surface area contributed by atoms with Crippen LogP contribution in [-0.2, 0) is 4.79 Å². The molecule has 0 fully saturated rings. The van der Waals surface area contributed by atoms with Gasteiger partial charge in [-0.25, -0.2) is 4.98 Å². The predicted molar refractivity (Wildman–Crippen MR) is 71.5 cm³/mol. The summed E-state index contributed by atoms with van der Waals surface area (Å²) in [5, 5.41) is 0. The van der Waals surface area contributed by atoms with Crippen LogP contribution in [0, 0.1) is 6.92 Å². The van der Waals surface area contributed by atoms with Crippen molar-refractivity contribution in [3.8, 4) is 17.3 Å². The minimum Gasteiger partial charge on any atom is -0.464 e. The summed E-state index contributed by atoms with van der Waals surface area (Å²) >= 11 is 0. The third kappa shape index (κ3) is 3.28. The van der Waals surface area contributed by atoms with Crippen LogP contribution in [0.3, 0.4) is 0 Å². The molecule has 1 atom stereocenters. The van der Waals surface area contributed by atoms with Gasteiger partial charge in [-0.1, -0.05) is 30.3 Å². The second-order valence-corrected chi connectivity index (χ2v) is 4.20. The molecule has 0 spiro atoms. The number of nitrogens with zero attached hydrogens (tertiary/aromatic N) is 2. The van der Waals surface area contributed by atoms with E-state index in [1.807, 2.05) is 37.3 Å². The Labute approximate surface area is 111 Å². The lowest BCUT2D eigenvalue weighted by atomic mass is 10.2. The van der Waals surface area contributed by atoms with Gasteiger partial charge >= 0.3 is 0 Å². The van der Waals surface area contributed by atoms with Gasteiger partial charge in [0.15, 0.2) is 11.9 Å². The van der Waals surface area contributed by atoms with Crippen molar-refractivity contribution < 1.29 is 9.53 Å². The molecule has 0 saturated heterocycles. The second kappa shape index (κ2) is 5.48. The SMILES string of the molecule is Cc1cc(O[C@H](C)C(N)=O)nc(-c2ccccc2)n1. The Morgan fingerprint density at radius 3 is 2.58 bits per heavy atom. The molecule has 0 unspecified atom stereocenters. The summed E-state index contributed by atoms with van der Waals surface area (Å²) in [5.41, 5.74) is 6.82. The Bertz CT molecular complexity index is 584. The smallest absolute Gasteiger partial charge is 0.258 e. The van der Waals surface area contributed by atoms with E-state index in [0.717, 1.165) is 11.3 Å². The van der Waals surface area contributed by atoms with Crippen molar-refractivity contribution in [2.75, 3.05) is 0 Å². The van der Waals surface area contributed by atoms with E-state index in [0.29, 0.717) is 11.7 Å². The minimum absolute atomic E-state index is 0.345. The summed E-state index contributed by atoms with van der Waals surface area (Å²) in [6.45, 7) is 3.43. The Morgan fingerprint density at radius 1 is 1.26 bits per heavy atom. The van der Waals surface area contributed by atoms with Crippen LogP contribution in [0.25, 0.3) is 11.4 Å². The summed E-state index contributed by atoms with van der Waals surface area (Å²) in [5.74, 6) is 0.377. The van der Waals surface area contributed by atoms with Crippen molar-refractivity contribution in [2.24, 2.45) is 5.73 Å². The highest BCUT2D eigenvalue weighted by atomic mass is 16.5. The second-order valence-electron chi connectivity index (χ2n) is 4.20. The van der Waals surface area contributed by atoms with Crippen LogP contribution in [0.5, 0.6) is 5.88 Å². The first-order chi connectivity index (χ1) is 9.06. The van der Waals surface area contributed by atoms with Crippen LogP contribution in [0.2, 0.25) is 0 Å². The number of carbonyl (C=O) groups is 1. The zero-order valence-electron chi connectivity index (χ0n) is 10.8. The number of hydrogen-bond donors (Lipinski definition) is 1. The highest BCUT2D eigenvalue weighted by Crippen LogP contribution is 2.19. The number of aromatic nitrogens is 2. The normalized spacial score (nSPS) is 11.9. The Kier molecular flexibility index (Phi) is 3.75. The molecule has 0 radical (unpaired) electrons. The van der Waals surface area contributed by atoms with E-state index < -0.39 is 12.0 Å². The number of amides is 1. The Morgan fingerprint density at radius 2 is 1.95 bits per heavy atom. The standard InChI is InChI=1S/C14H15N3O2/c1-9-8-12(19-10(2)13(15)18)17-14(16-9)11-6-4-3-5-7-11/h3-8,10H,1-2H3,(H2,15,18)/t10-/m1/s1. The van der Waals surface area contributed by atoms with Crippen LogP contribution in [0.1, 0.15) is 12.6 Å². The fraction of sp³-hybridized carbons (Fsp3) is 0.214. The van der Waals surface area contributed by atoms with Crippen LogP contribution in [-0.4, -0.2) is 22.0 Å². The Balaban J connectivity index is 2.32. The van der Waals surface area contributed by atoms with Crippen molar-refractivity contribution in [2.45, 2.75) is 20.0 Å². The van der Waals surface area contributed by atoms with Crippen molar-refractivity contribution in [3.63, 3.8) is 0 Å². The molecule has 0 saturated carbocycles. The molecule has 0 aliphatic carbocycles. The quantitative estimate of drug-likeness (QED) is 0.904. The number of aryl methyl sites for hydroxylation is 1. The first-order valence-electron chi connectivity index (χ1n) is 5.93. The lowest BCUT2D eigenvalue weighted by Crippen LogP contribution is -2.31. The van der Waals surface area contributed by atoms with Gasteiger partial charge in [-0.15, -0.1) is 0 Å². The maximum absolute atomic E-state index is 11.0. The number of nitrogens with two attached hydrogens (primary N) is 1. The van der Waals surface area contributed by atoms with Crippen LogP contribution < -0.4 is 10.5 Å². The van der Waals surface area contributed by atoms with Crippen molar-refractivity contribution in [1.82, 2.24) is 9.97 Å². The van der Waals surface area contributed by atoms with Gasteiger partial charge in [-0.2, -0.15) is 4.98 Å². The van der Waals surface area contributed by atoms with Gasteiger partial charge in [0.25, 0.3) is 5.91 Å². The summed E-state index contributed by atoms with van der Waals surface area (Å²) in [7, 11) is 0. The molecule has 5 nitrogen and oxygen atoms in total. The zero-order chi connectivity index (χ0) is 13.8. The number of hydrogen-bond acceptors (Lipinski definition) is 4. The monoisotopic (exact) mass is 257 g/mol. The molecule has 0 bridgehead atoms. The van der Waals surface area contributed by atoms with Gasteiger partial charge in [-0.3, -0.25) is 4.79 Å². The third-order valence-electron chi connectivity index (χ3n) is 2.56. The van der Waals surface area contributed by atoms with E-state index in [4.69, 9.17) is 10.5 Å². The fourth-order valence-corrected chi connectivity index (χ4v) is 1.56. The molecule has 2 N–H and O–H groups in total. The highest BCUT2D eigenvalue weighted by Gasteiger charge is 2.13. The van der Waals surface area contributed by atoms with E-state index in [1.54, 1.807) is 13.0 Å². The van der Waals surface area contributed by atoms with Gasteiger partial charge in [-0.05, 0) is 13.8 Å². The summed E-state index contributed by atoms with van der Waals surface area (Å²) in [6.07, 6.45) is -0.724. The van der Waals surface area contributed by atoms with Gasteiger partial charge < -0.3 is 10.5 Å². The first-order valence-corrected chi connectivity index (χ1v) is 5.93. The summed E-state index contributed by atoms with van der Waals surface area (Å²) < 4.78 is 5.39. The molecule has 1 amide bonds. The number of primary amides is 1. The summed E-state index contributed by atoms with van der Waals surface area (Å²) in [6, 6.07) is 11.2. The lowest BCUT2D eigenvalue weighted by Gasteiger charge is -2.11. The van der Waals surface area contributed by atoms with Gasteiger partial charge in [0.1, 0.15) is 0 Å². The number of rotatable bonds is 4. The molecule has 19 heavy (non-hydrogen) atoms. The maximum Gasteiger partial charge on any atom is 0.258 e. The molecule has 1 aromatic carbocycles. The third-order valence-corrected chi connectivity index (χ3v) is 2.56. The van der Waals surface area contributed by atoms with E-state index in [1.165, 1.54) is 0 Å². The molecule has 1 heterocycles. The van der Waals surface area contributed by atoms with E-state index >= 15 is 0 Å². The number of carbonyl (C=O) groups excluding carboxylic acids is 1. The number of ether oxygens (including phenoxy) is 1. The maximum atomic E-state index is 11.0. The van der Waals surface area contributed by atoms with Crippen molar-refractivity contribution in [1.29, 1.82) is 0 Å². The molecule has 2 rings (SSSR count). The number of benzene rings is 1.